The molecule has 1 aliphatic rings. The lowest BCUT2D eigenvalue weighted by atomic mass is 9.77. The van der Waals surface area contributed by atoms with E-state index in [4.69, 9.17) is 9.31 Å². The minimum atomic E-state index is -0.491. The fraction of sp³-hybridized carbons (Fsp3) is 0.421. The third kappa shape index (κ3) is 4.16. The van der Waals surface area contributed by atoms with Crippen molar-refractivity contribution in [3.8, 4) is 0 Å². The van der Waals surface area contributed by atoms with Gasteiger partial charge in [0.25, 0.3) is 0 Å². The Hall–Kier alpha value is -1.85. The molecular formula is C19H26BNO3. The fourth-order valence-corrected chi connectivity index (χ4v) is 2.41. The normalized spacial score (nSPS) is 19.2. The first-order valence-electron chi connectivity index (χ1n) is 8.18. The molecule has 1 N–H and O–H groups in total. The Morgan fingerprint density at radius 1 is 1.21 bits per heavy atom. The van der Waals surface area contributed by atoms with Gasteiger partial charge in [0, 0.05) is 13.5 Å². The van der Waals surface area contributed by atoms with E-state index >= 15 is 0 Å². The van der Waals surface area contributed by atoms with Crippen molar-refractivity contribution in [2.75, 3.05) is 6.54 Å². The zero-order valence-electron chi connectivity index (χ0n) is 15.2. The van der Waals surface area contributed by atoms with Gasteiger partial charge in [0.2, 0.25) is 5.91 Å². The molecule has 1 heterocycles. The molecule has 0 radical (unpaired) electrons. The molecule has 1 aromatic rings. The van der Waals surface area contributed by atoms with Gasteiger partial charge in [-0.2, -0.15) is 0 Å². The van der Waals surface area contributed by atoms with Crippen LogP contribution in [0.1, 0.15) is 45.7 Å². The van der Waals surface area contributed by atoms with Crippen LogP contribution in [0.4, 0.5) is 0 Å². The highest BCUT2D eigenvalue weighted by Crippen LogP contribution is 2.38. The summed E-state index contributed by atoms with van der Waals surface area (Å²) in [5.74, 6) is -0.0859. The van der Waals surface area contributed by atoms with Crippen molar-refractivity contribution in [2.24, 2.45) is 0 Å². The Morgan fingerprint density at radius 3 is 2.33 bits per heavy atom. The predicted octanol–water partition coefficient (Wildman–Crippen LogP) is 3.48. The average Bonchev–Trinajstić information content (AvgIpc) is 2.71. The van der Waals surface area contributed by atoms with E-state index in [-0.39, 0.29) is 5.91 Å². The van der Waals surface area contributed by atoms with Crippen LogP contribution in [0.15, 0.2) is 36.3 Å². The van der Waals surface area contributed by atoms with Crippen LogP contribution >= 0.6 is 0 Å². The van der Waals surface area contributed by atoms with Crippen LogP contribution < -0.4 is 5.32 Å². The Balaban J connectivity index is 2.33. The number of rotatable bonds is 5. The van der Waals surface area contributed by atoms with E-state index in [2.05, 4.69) is 11.9 Å². The van der Waals surface area contributed by atoms with Crippen molar-refractivity contribution in [3.05, 3.63) is 47.4 Å². The van der Waals surface area contributed by atoms with Gasteiger partial charge >= 0.3 is 7.12 Å². The van der Waals surface area contributed by atoms with Crippen LogP contribution in [0.3, 0.4) is 0 Å². The predicted molar refractivity (Wildman–Crippen MR) is 99.3 cm³/mol. The number of carbonyl (C=O) groups excluding carboxylic acids is 1. The maximum Gasteiger partial charge on any atom is 0.492 e. The number of carbonyl (C=O) groups is 1. The summed E-state index contributed by atoms with van der Waals surface area (Å²) < 4.78 is 12.3. The Morgan fingerprint density at radius 2 is 1.79 bits per heavy atom. The lowest BCUT2D eigenvalue weighted by molar-refractivity contribution is -0.118. The summed E-state index contributed by atoms with van der Waals surface area (Å²) >= 11 is 0. The highest BCUT2D eigenvalue weighted by Gasteiger charge is 2.52. The summed E-state index contributed by atoms with van der Waals surface area (Å²) in [6.45, 7) is 13.7. The van der Waals surface area contributed by atoms with Gasteiger partial charge in [-0.25, -0.2) is 0 Å². The van der Waals surface area contributed by atoms with Crippen molar-refractivity contribution >= 4 is 25.2 Å². The van der Waals surface area contributed by atoms with Crippen molar-refractivity contribution < 1.29 is 14.1 Å². The third-order valence-corrected chi connectivity index (χ3v) is 4.60. The molecule has 0 saturated carbocycles. The molecule has 1 amide bonds. The molecule has 1 fully saturated rings. The SMILES string of the molecule is C=Cc1cccc(C=C(CNC(C)=O)B2OC(C)(C)C(C)(C)O2)c1. The van der Waals surface area contributed by atoms with E-state index in [1.165, 1.54) is 6.92 Å². The van der Waals surface area contributed by atoms with Crippen molar-refractivity contribution in [3.63, 3.8) is 0 Å². The minimum absolute atomic E-state index is 0.0859. The molecule has 0 atom stereocenters. The summed E-state index contributed by atoms with van der Waals surface area (Å²) in [4.78, 5) is 11.3. The molecular weight excluding hydrogens is 301 g/mol. The second kappa shape index (κ2) is 6.95. The Bertz CT molecular complexity index is 648. The zero-order chi connectivity index (χ0) is 18.0. The number of hydrogen-bond donors (Lipinski definition) is 1. The van der Waals surface area contributed by atoms with Crippen LogP contribution in [0.25, 0.3) is 12.2 Å². The fourth-order valence-electron chi connectivity index (χ4n) is 2.41. The van der Waals surface area contributed by atoms with Crippen LogP contribution in [0, 0.1) is 0 Å². The lowest BCUT2D eigenvalue weighted by Crippen LogP contribution is -2.41. The average molecular weight is 327 g/mol. The van der Waals surface area contributed by atoms with Crippen molar-refractivity contribution in [2.45, 2.75) is 45.8 Å². The molecule has 1 aromatic carbocycles. The molecule has 24 heavy (non-hydrogen) atoms. The summed E-state index contributed by atoms with van der Waals surface area (Å²) in [5.41, 5.74) is 2.09. The lowest BCUT2D eigenvalue weighted by Gasteiger charge is -2.32. The van der Waals surface area contributed by atoms with Gasteiger partial charge in [0.05, 0.1) is 11.2 Å². The number of amides is 1. The molecule has 1 aliphatic heterocycles. The van der Waals surface area contributed by atoms with Crippen LogP contribution in [-0.2, 0) is 14.1 Å². The Labute approximate surface area is 145 Å². The van der Waals surface area contributed by atoms with Gasteiger partial charge in [-0.05, 0) is 50.4 Å². The molecule has 1 saturated heterocycles. The molecule has 0 bridgehead atoms. The first kappa shape index (κ1) is 18.5. The van der Waals surface area contributed by atoms with Gasteiger partial charge in [0.1, 0.15) is 0 Å². The van der Waals surface area contributed by atoms with Crippen molar-refractivity contribution in [1.82, 2.24) is 5.32 Å². The first-order chi connectivity index (χ1) is 11.1. The number of hydrogen-bond acceptors (Lipinski definition) is 3. The van der Waals surface area contributed by atoms with E-state index in [1.54, 1.807) is 6.08 Å². The zero-order valence-corrected chi connectivity index (χ0v) is 15.2. The van der Waals surface area contributed by atoms with Crippen LogP contribution in [-0.4, -0.2) is 30.8 Å². The monoisotopic (exact) mass is 327 g/mol. The molecule has 0 aromatic heterocycles. The molecule has 4 nitrogen and oxygen atoms in total. The summed E-state index contributed by atoms with van der Waals surface area (Å²) in [6, 6.07) is 8.01. The molecule has 5 heteroatoms. The van der Waals surface area contributed by atoms with Gasteiger partial charge < -0.3 is 14.6 Å². The van der Waals surface area contributed by atoms with Crippen LogP contribution in [0.2, 0.25) is 0 Å². The smallest absolute Gasteiger partial charge is 0.400 e. The minimum Gasteiger partial charge on any atom is -0.400 e. The number of benzene rings is 1. The quantitative estimate of drug-likeness (QED) is 0.842. The van der Waals surface area contributed by atoms with E-state index in [0.717, 1.165) is 16.6 Å². The first-order valence-corrected chi connectivity index (χ1v) is 8.18. The van der Waals surface area contributed by atoms with E-state index in [0.29, 0.717) is 6.54 Å². The standard InChI is InChI=1S/C19H26BNO3/c1-7-15-9-8-10-16(11-15)12-17(13-21-14(2)22)20-23-18(3,4)19(5,6)24-20/h7-12H,1,13H2,2-6H3,(H,21,22). The topological polar surface area (TPSA) is 47.6 Å². The summed E-state index contributed by atoms with van der Waals surface area (Å²) in [5, 5.41) is 2.84. The maximum atomic E-state index is 11.3. The molecule has 0 spiro atoms. The highest BCUT2D eigenvalue weighted by atomic mass is 16.7. The van der Waals surface area contributed by atoms with E-state index < -0.39 is 18.3 Å². The Kier molecular flexibility index (Phi) is 5.36. The summed E-state index contributed by atoms with van der Waals surface area (Å²) in [7, 11) is -0.491. The summed E-state index contributed by atoms with van der Waals surface area (Å²) in [6.07, 6.45) is 3.81. The van der Waals surface area contributed by atoms with Gasteiger partial charge in [-0.1, -0.05) is 36.9 Å². The second-order valence-electron chi connectivity index (χ2n) is 7.09. The van der Waals surface area contributed by atoms with Crippen molar-refractivity contribution in [1.29, 1.82) is 0 Å². The maximum absolute atomic E-state index is 11.3. The van der Waals surface area contributed by atoms with E-state index in [1.807, 2.05) is 58.0 Å². The third-order valence-electron chi connectivity index (χ3n) is 4.60. The molecule has 0 unspecified atom stereocenters. The second-order valence-corrected chi connectivity index (χ2v) is 7.09. The van der Waals surface area contributed by atoms with Gasteiger partial charge in [-0.3, -0.25) is 4.79 Å². The molecule has 0 aliphatic carbocycles. The van der Waals surface area contributed by atoms with Crippen LogP contribution in [0.5, 0.6) is 0 Å². The van der Waals surface area contributed by atoms with Gasteiger partial charge in [0.15, 0.2) is 0 Å². The van der Waals surface area contributed by atoms with Gasteiger partial charge in [-0.15, -0.1) is 0 Å². The highest BCUT2D eigenvalue weighted by molar-refractivity contribution is 6.56. The largest absolute Gasteiger partial charge is 0.492 e. The van der Waals surface area contributed by atoms with E-state index in [9.17, 15) is 4.79 Å². The molecule has 2 rings (SSSR count). The molecule has 128 valence electrons. The number of nitrogens with one attached hydrogen (secondary N) is 1.